The Morgan fingerprint density at radius 1 is 0.974 bits per heavy atom. The number of carbonyl (C=O) groups is 4. The number of ether oxygens (including phenoxy) is 3. The van der Waals surface area contributed by atoms with Crippen LogP contribution < -0.4 is 0 Å². The van der Waals surface area contributed by atoms with Crippen LogP contribution in [0.5, 0.6) is 0 Å². The Bertz CT molecular complexity index is 1290. The van der Waals surface area contributed by atoms with Crippen LogP contribution in [0.25, 0.3) is 10.8 Å². The van der Waals surface area contributed by atoms with Crippen LogP contribution in [0.15, 0.2) is 42.5 Å². The first kappa shape index (κ1) is 28.4. The lowest BCUT2D eigenvalue weighted by atomic mass is 9.74. The first-order valence-electron chi connectivity index (χ1n) is 12.6. The van der Waals surface area contributed by atoms with E-state index in [2.05, 4.69) is 0 Å². The molecule has 4 rings (SSSR count). The molecule has 2 aliphatic heterocycles. The highest BCUT2D eigenvalue weighted by Crippen LogP contribution is 2.55. The lowest BCUT2D eigenvalue weighted by Crippen LogP contribution is -2.78. The summed E-state index contributed by atoms with van der Waals surface area (Å²) in [6.07, 6.45) is -6.05. The number of hydrogen-bond donors (Lipinski definition) is 5. The number of aliphatic hydroxyl groups is 2. The molecule has 2 aromatic carbocycles. The molecular weight excluding hydrogens is 516 g/mol. The number of aliphatic hydroxyl groups excluding tert-OH is 1. The van der Waals surface area contributed by atoms with Gasteiger partial charge in [0, 0.05) is 12.8 Å². The minimum Gasteiger partial charge on any atom is -0.479 e. The smallest absolute Gasteiger partial charge is 0.344 e. The number of carbonyl (C=O) groups excluding carboxylic acids is 1. The molecule has 2 fully saturated rings. The summed E-state index contributed by atoms with van der Waals surface area (Å²) in [4.78, 5) is 49.3. The van der Waals surface area contributed by atoms with E-state index in [1.807, 2.05) is 42.5 Å². The van der Waals surface area contributed by atoms with E-state index in [0.29, 0.717) is 12.8 Å². The van der Waals surface area contributed by atoms with Crippen molar-refractivity contribution in [2.45, 2.75) is 80.7 Å². The molecule has 2 aromatic rings. The molecule has 210 valence electrons. The number of fused-ring (bicyclic) bond motifs is 3. The van der Waals surface area contributed by atoms with Gasteiger partial charge in [-0.05, 0) is 42.0 Å². The van der Waals surface area contributed by atoms with E-state index in [4.69, 9.17) is 14.2 Å². The molecule has 12 heteroatoms. The molecule has 0 aromatic heterocycles. The summed E-state index contributed by atoms with van der Waals surface area (Å²) in [6.45, 7) is 1.63. The van der Waals surface area contributed by atoms with E-state index in [1.165, 1.54) is 0 Å². The van der Waals surface area contributed by atoms with Crippen molar-refractivity contribution >= 4 is 34.6 Å². The number of carboxylic acids is 3. The molecule has 0 aliphatic carbocycles. The van der Waals surface area contributed by atoms with Crippen LogP contribution in [0.4, 0.5) is 0 Å². The van der Waals surface area contributed by atoms with Gasteiger partial charge in [-0.15, -0.1) is 0 Å². The summed E-state index contributed by atoms with van der Waals surface area (Å²) in [5, 5.41) is 54.2. The Labute approximate surface area is 222 Å². The normalized spacial score (nSPS) is 31.6. The predicted octanol–water partition coefficient (Wildman–Crippen LogP) is 1.47. The fraction of sp³-hybridized carbons (Fsp3) is 0.481. The monoisotopic (exact) mass is 546 g/mol. The van der Waals surface area contributed by atoms with Crippen molar-refractivity contribution in [3.05, 3.63) is 48.0 Å². The van der Waals surface area contributed by atoms with Gasteiger partial charge in [0.15, 0.2) is 6.10 Å². The molecule has 2 heterocycles. The van der Waals surface area contributed by atoms with Gasteiger partial charge in [0.1, 0.15) is 6.10 Å². The molecule has 5 N–H and O–H groups in total. The summed E-state index contributed by atoms with van der Waals surface area (Å²) in [6, 6.07) is 13.6. The molecule has 12 nitrogen and oxygen atoms in total. The van der Waals surface area contributed by atoms with Gasteiger partial charge >= 0.3 is 23.9 Å². The zero-order valence-electron chi connectivity index (χ0n) is 21.1. The largest absolute Gasteiger partial charge is 0.479 e. The highest BCUT2D eigenvalue weighted by Gasteiger charge is 2.85. The number of rotatable bonds is 11. The second kappa shape index (κ2) is 10.5. The van der Waals surface area contributed by atoms with Crippen LogP contribution in [0.2, 0.25) is 0 Å². The summed E-state index contributed by atoms with van der Waals surface area (Å²) >= 11 is 0. The number of esters is 1. The maximum absolute atomic E-state index is 12.6. The van der Waals surface area contributed by atoms with Crippen molar-refractivity contribution in [2.75, 3.05) is 0 Å². The van der Waals surface area contributed by atoms with E-state index in [-0.39, 0.29) is 25.7 Å². The summed E-state index contributed by atoms with van der Waals surface area (Å²) in [7, 11) is 0. The molecule has 4 unspecified atom stereocenters. The maximum atomic E-state index is 12.6. The van der Waals surface area contributed by atoms with E-state index < -0.39 is 59.2 Å². The number of aliphatic carboxylic acids is 3. The van der Waals surface area contributed by atoms with Gasteiger partial charge < -0.3 is 39.7 Å². The highest BCUT2D eigenvalue weighted by molar-refractivity contribution is 5.98. The first-order chi connectivity index (χ1) is 18.4. The van der Waals surface area contributed by atoms with Crippen molar-refractivity contribution in [3.63, 3.8) is 0 Å². The Morgan fingerprint density at radius 3 is 2.31 bits per heavy atom. The SMILES string of the molecule is CCCC(=O)O[C@@H]1[C@@H](O)C2(CCCCc3cccc4ccccc34)OC(C(=O)O)C(O)(C(=O)O)C1(C(=O)O)O2. The Hall–Kier alpha value is -3.58. The Morgan fingerprint density at radius 2 is 1.67 bits per heavy atom. The Kier molecular flexibility index (Phi) is 7.68. The van der Waals surface area contributed by atoms with Gasteiger partial charge in [-0.3, -0.25) is 4.79 Å². The van der Waals surface area contributed by atoms with Crippen LogP contribution in [0.1, 0.15) is 44.6 Å². The van der Waals surface area contributed by atoms with E-state index in [1.54, 1.807) is 6.92 Å². The zero-order valence-corrected chi connectivity index (χ0v) is 21.1. The summed E-state index contributed by atoms with van der Waals surface area (Å²) in [5.74, 6) is -9.81. The second-order valence-electron chi connectivity index (χ2n) is 9.81. The average Bonchev–Trinajstić information content (AvgIpc) is 3.10. The Balaban J connectivity index is 1.67. The minimum absolute atomic E-state index is 0.212. The quantitative estimate of drug-likeness (QED) is 0.201. The van der Waals surface area contributed by atoms with Crippen LogP contribution in [-0.4, -0.2) is 84.7 Å². The van der Waals surface area contributed by atoms with Crippen LogP contribution >= 0.6 is 0 Å². The van der Waals surface area contributed by atoms with E-state index >= 15 is 0 Å². The van der Waals surface area contributed by atoms with Gasteiger partial charge in [0.05, 0.1) is 0 Å². The molecule has 0 radical (unpaired) electrons. The number of hydrogen-bond acceptors (Lipinski definition) is 9. The number of unbranched alkanes of at least 4 members (excludes halogenated alkanes) is 1. The van der Waals surface area contributed by atoms with Crippen molar-refractivity contribution in [3.8, 4) is 0 Å². The molecule has 6 atom stereocenters. The van der Waals surface area contributed by atoms with Gasteiger partial charge in [-0.1, -0.05) is 49.4 Å². The van der Waals surface area contributed by atoms with Gasteiger partial charge in [0.2, 0.25) is 23.1 Å². The van der Waals surface area contributed by atoms with Gasteiger partial charge in [-0.25, -0.2) is 14.4 Å². The topological polar surface area (TPSA) is 197 Å². The number of carboxylic acid groups (broad SMARTS) is 3. The third-order valence-electron chi connectivity index (χ3n) is 7.42. The van der Waals surface area contributed by atoms with Gasteiger partial charge in [0.25, 0.3) is 0 Å². The summed E-state index contributed by atoms with van der Waals surface area (Å²) in [5.41, 5.74) is -6.11. The standard InChI is InChI=1S/C27H30O12/c1-2-8-18(28)37-20-19(29)25(14-6-5-10-16-12-7-11-15-9-3-4-13-17(15)16)38-21(22(30)31)26(36,23(32)33)27(20,39-25)24(34)35/h3-4,7,9,11-13,19-21,29,36H,2,5-6,8,10,14H2,1H3,(H,30,31)(H,32,33)(H,34,35)/t19-,20-,21?,25?,26?,27?/m1/s1. The molecular formula is C27H30O12. The van der Waals surface area contributed by atoms with E-state index in [0.717, 1.165) is 16.3 Å². The lowest BCUT2D eigenvalue weighted by molar-refractivity contribution is -0.374. The molecule has 0 saturated carbocycles. The maximum Gasteiger partial charge on any atom is 0.344 e. The fourth-order valence-corrected chi connectivity index (χ4v) is 5.55. The molecule has 39 heavy (non-hydrogen) atoms. The minimum atomic E-state index is -3.76. The van der Waals surface area contributed by atoms with E-state index in [9.17, 15) is 44.7 Å². The van der Waals surface area contributed by atoms with Crippen molar-refractivity contribution in [1.29, 1.82) is 0 Å². The second-order valence-corrected chi connectivity index (χ2v) is 9.81. The third-order valence-corrected chi connectivity index (χ3v) is 7.42. The third kappa shape index (κ3) is 4.42. The first-order valence-corrected chi connectivity index (χ1v) is 12.6. The van der Waals surface area contributed by atoms with Crippen molar-refractivity contribution in [1.82, 2.24) is 0 Å². The fourth-order valence-electron chi connectivity index (χ4n) is 5.55. The summed E-state index contributed by atoms with van der Waals surface area (Å²) < 4.78 is 16.2. The number of aryl methyl sites for hydroxylation is 1. The highest BCUT2D eigenvalue weighted by atomic mass is 16.8. The molecule has 2 bridgehead atoms. The molecule has 2 saturated heterocycles. The van der Waals surface area contributed by atoms with Crippen LogP contribution in [0, 0.1) is 0 Å². The predicted molar refractivity (Wildman–Crippen MR) is 132 cm³/mol. The van der Waals surface area contributed by atoms with Crippen LogP contribution in [-0.2, 0) is 39.8 Å². The van der Waals surface area contributed by atoms with Crippen LogP contribution in [0.3, 0.4) is 0 Å². The van der Waals surface area contributed by atoms with Gasteiger partial charge in [-0.2, -0.15) is 0 Å². The lowest BCUT2D eigenvalue weighted by Gasteiger charge is -2.48. The van der Waals surface area contributed by atoms with Crippen molar-refractivity contribution in [2.24, 2.45) is 0 Å². The average molecular weight is 547 g/mol. The molecule has 0 amide bonds. The number of benzene rings is 2. The zero-order chi connectivity index (χ0) is 28.6. The molecule has 2 aliphatic rings. The van der Waals surface area contributed by atoms with Crippen molar-refractivity contribution < 1.29 is 58.9 Å². The molecule has 0 spiro atoms.